The molecule has 15 heavy (non-hydrogen) atoms. The van der Waals surface area contributed by atoms with Gasteiger partial charge < -0.3 is 16.2 Å². The van der Waals surface area contributed by atoms with Gasteiger partial charge in [-0.25, -0.2) is 0 Å². The van der Waals surface area contributed by atoms with Crippen LogP contribution < -0.4 is 11.1 Å². The number of hydrogen-bond donors (Lipinski definition) is 3. The van der Waals surface area contributed by atoms with Gasteiger partial charge in [0.1, 0.15) is 0 Å². The number of nitrogens with one attached hydrogen (secondary N) is 1. The molecule has 1 aromatic rings. The van der Waals surface area contributed by atoms with Crippen molar-refractivity contribution in [1.29, 1.82) is 0 Å². The Balaban J connectivity index is 2.45. The summed E-state index contributed by atoms with van der Waals surface area (Å²) in [5.74, 6) is 0.488. The summed E-state index contributed by atoms with van der Waals surface area (Å²) in [5.41, 5.74) is 7.33. The molecule has 0 bridgehead atoms. The number of rotatable bonds is 6. The molecule has 4 N–H and O–H groups in total. The summed E-state index contributed by atoms with van der Waals surface area (Å²) >= 11 is 0. The fourth-order valence-corrected chi connectivity index (χ4v) is 1.46. The number of hydrogen-bond acceptors (Lipinski definition) is 4. The molecule has 0 fully saturated rings. The normalized spacial score (nSPS) is 12.4. The summed E-state index contributed by atoms with van der Waals surface area (Å²) in [6.07, 6.45) is 5.23. The van der Waals surface area contributed by atoms with Gasteiger partial charge in [-0.3, -0.25) is 4.98 Å². The van der Waals surface area contributed by atoms with Gasteiger partial charge in [0.25, 0.3) is 0 Å². The molecule has 1 atom stereocenters. The van der Waals surface area contributed by atoms with E-state index in [0.29, 0.717) is 11.6 Å². The third kappa shape index (κ3) is 3.75. The Kier molecular flexibility index (Phi) is 4.90. The molecular weight excluding hydrogens is 190 g/mol. The van der Waals surface area contributed by atoms with Crippen molar-refractivity contribution in [2.45, 2.75) is 19.8 Å². The van der Waals surface area contributed by atoms with Crippen LogP contribution in [-0.4, -0.2) is 23.2 Å². The molecule has 4 heteroatoms. The molecule has 0 spiro atoms. The second-order valence-corrected chi connectivity index (χ2v) is 3.63. The smallest absolute Gasteiger partial charge is 0.0736 e. The van der Waals surface area contributed by atoms with E-state index in [4.69, 9.17) is 10.8 Å². The Hall–Kier alpha value is -1.29. The molecular formula is C11H19N3O. The van der Waals surface area contributed by atoms with Gasteiger partial charge in [0.05, 0.1) is 17.6 Å². The van der Waals surface area contributed by atoms with E-state index in [2.05, 4.69) is 17.2 Å². The van der Waals surface area contributed by atoms with Crippen molar-refractivity contribution in [3.8, 4) is 0 Å². The third-order valence-corrected chi connectivity index (χ3v) is 2.55. The molecule has 1 aromatic heterocycles. The van der Waals surface area contributed by atoms with Crippen LogP contribution in [0.1, 0.15) is 19.8 Å². The average Bonchev–Trinajstić information content (AvgIpc) is 2.26. The summed E-state index contributed by atoms with van der Waals surface area (Å²) in [6, 6.07) is 1.86. The van der Waals surface area contributed by atoms with Crippen molar-refractivity contribution in [2.24, 2.45) is 5.92 Å². The standard InChI is InChI=1S/C11H19N3O/c1-2-9(4-6-15)7-14-11-3-5-13-8-10(11)12/h3,5,8-9,15H,2,4,6-7,12H2,1H3,(H,13,14). The molecule has 1 heterocycles. The number of nitrogens with two attached hydrogens (primary N) is 1. The van der Waals surface area contributed by atoms with E-state index in [0.717, 1.165) is 25.1 Å². The zero-order valence-corrected chi connectivity index (χ0v) is 9.11. The zero-order chi connectivity index (χ0) is 11.1. The van der Waals surface area contributed by atoms with Gasteiger partial charge in [-0.05, 0) is 18.4 Å². The lowest BCUT2D eigenvalue weighted by Crippen LogP contribution is -2.15. The molecule has 0 aliphatic heterocycles. The second kappa shape index (κ2) is 6.24. The maximum absolute atomic E-state index is 8.86. The number of nitrogens with zero attached hydrogens (tertiary/aromatic N) is 1. The van der Waals surface area contributed by atoms with E-state index in [1.807, 2.05) is 6.07 Å². The molecule has 0 radical (unpaired) electrons. The van der Waals surface area contributed by atoms with E-state index in [-0.39, 0.29) is 6.61 Å². The number of aliphatic hydroxyl groups excluding tert-OH is 1. The van der Waals surface area contributed by atoms with Crippen molar-refractivity contribution < 1.29 is 5.11 Å². The lowest BCUT2D eigenvalue weighted by molar-refractivity contribution is 0.258. The first kappa shape index (κ1) is 11.8. The highest BCUT2D eigenvalue weighted by Crippen LogP contribution is 2.17. The van der Waals surface area contributed by atoms with Crippen LogP contribution in [0.15, 0.2) is 18.5 Å². The summed E-state index contributed by atoms with van der Waals surface area (Å²) in [4.78, 5) is 3.92. The highest BCUT2D eigenvalue weighted by atomic mass is 16.3. The molecule has 0 saturated heterocycles. The molecule has 0 aliphatic rings. The van der Waals surface area contributed by atoms with E-state index in [1.165, 1.54) is 0 Å². The quantitative estimate of drug-likeness (QED) is 0.663. The summed E-state index contributed by atoms with van der Waals surface area (Å²) in [6.45, 7) is 3.20. The largest absolute Gasteiger partial charge is 0.396 e. The minimum atomic E-state index is 0.242. The fraction of sp³-hybridized carbons (Fsp3) is 0.545. The monoisotopic (exact) mass is 209 g/mol. The SMILES string of the molecule is CCC(CCO)CNc1ccncc1N. The van der Waals surface area contributed by atoms with Crippen LogP contribution in [0.3, 0.4) is 0 Å². The minimum absolute atomic E-state index is 0.242. The van der Waals surface area contributed by atoms with Crippen LogP contribution in [0.2, 0.25) is 0 Å². The van der Waals surface area contributed by atoms with Crippen LogP contribution in [-0.2, 0) is 0 Å². The van der Waals surface area contributed by atoms with Crippen molar-refractivity contribution in [3.05, 3.63) is 18.5 Å². The predicted molar refractivity (Wildman–Crippen MR) is 62.6 cm³/mol. The van der Waals surface area contributed by atoms with Crippen LogP contribution in [0.4, 0.5) is 11.4 Å². The van der Waals surface area contributed by atoms with Crippen LogP contribution in [0, 0.1) is 5.92 Å². The van der Waals surface area contributed by atoms with Gasteiger partial charge in [0, 0.05) is 19.3 Å². The second-order valence-electron chi connectivity index (χ2n) is 3.63. The summed E-state index contributed by atoms with van der Waals surface area (Å²) < 4.78 is 0. The molecule has 0 aromatic carbocycles. The Morgan fingerprint density at radius 1 is 1.60 bits per heavy atom. The van der Waals surface area contributed by atoms with E-state index in [1.54, 1.807) is 12.4 Å². The van der Waals surface area contributed by atoms with Crippen molar-refractivity contribution in [1.82, 2.24) is 4.98 Å². The number of nitrogen functional groups attached to an aromatic ring is 1. The molecule has 1 unspecified atom stereocenters. The Morgan fingerprint density at radius 3 is 3.00 bits per heavy atom. The van der Waals surface area contributed by atoms with Gasteiger partial charge in [-0.15, -0.1) is 0 Å². The predicted octanol–water partition coefficient (Wildman–Crippen LogP) is 1.48. The topological polar surface area (TPSA) is 71.2 Å². The van der Waals surface area contributed by atoms with E-state index < -0.39 is 0 Å². The average molecular weight is 209 g/mol. The highest BCUT2D eigenvalue weighted by molar-refractivity contribution is 5.64. The lowest BCUT2D eigenvalue weighted by atomic mass is 10.0. The minimum Gasteiger partial charge on any atom is -0.396 e. The van der Waals surface area contributed by atoms with Gasteiger partial charge in [0.2, 0.25) is 0 Å². The summed E-state index contributed by atoms with van der Waals surface area (Å²) in [5, 5.41) is 12.1. The molecule has 1 rings (SSSR count). The zero-order valence-electron chi connectivity index (χ0n) is 9.11. The first-order chi connectivity index (χ1) is 7.27. The van der Waals surface area contributed by atoms with Gasteiger partial charge in [-0.1, -0.05) is 13.3 Å². The maximum Gasteiger partial charge on any atom is 0.0736 e. The number of aromatic nitrogens is 1. The van der Waals surface area contributed by atoms with Gasteiger partial charge in [-0.2, -0.15) is 0 Å². The molecule has 0 amide bonds. The van der Waals surface area contributed by atoms with E-state index >= 15 is 0 Å². The summed E-state index contributed by atoms with van der Waals surface area (Å²) in [7, 11) is 0. The van der Waals surface area contributed by atoms with E-state index in [9.17, 15) is 0 Å². The first-order valence-corrected chi connectivity index (χ1v) is 5.32. The Bertz CT molecular complexity index is 291. The van der Waals surface area contributed by atoms with Gasteiger partial charge in [0.15, 0.2) is 0 Å². The lowest BCUT2D eigenvalue weighted by Gasteiger charge is -2.15. The molecule has 0 aliphatic carbocycles. The number of aliphatic hydroxyl groups is 1. The van der Waals surface area contributed by atoms with Crippen LogP contribution >= 0.6 is 0 Å². The van der Waals surface area contributed by atoms with Crippen LogP contribution in [0.5, 0.6) is 0 Å². The van der Waals surface area contributed by atoms with Crippen molar-refractivity contribution >= 4 is 11.4 Å². The fourth-order valence-electron chi connectivity index (χ4n) is 1.46. The molecule has 0 saturated carbocycles. The van der Waals surface area contributed by atoms with Crippen LogP contribution in [0.25, 0.3) is 0 Å². The first-order valence-electron chi connectivity index (χ1n) is 5.32. The maximum atomic E-state index is 8.86. The Labute approximate surface area is 90.5 Å². The van der Waals surface area contributed by atoms with Crippen molar-refractivity contribution in [3.63, 3.8) is 0 Å². The molecule has 4 nitrogen and oxygen atoms in total. The highest BCUT2D eigenvalue weighted by Gasteiger charge is 2.06. The molecule has 84 valence electrons. The number of anilines is 2. The van der Waals surface area contributed by atoms with Crippen molar-refractivity contribution in [2.75, 3.05) is 24.2 Å². The van der Waals surface area contributed by atoms with Gasteiger partial charge >= 0.3 is 0 Å². The third-order valence-electron chi connectivity index (χ3n) is 2.55. The number of pyridine rings is 1. The Morgan fingerprint density at radius 2 is 2.40 bits per heavy atom.